The number of rotatable bonds is 4. The van der Waals surface area contributed by atoms with Gasteiger partial charge in [0.1, 0.15) is 0 Å². The van der Waals surface area contributed by atoms with Crippen molar-refractivity contribution in [1.82, 2.24) is 14.8 Å². The number of carbonyl (C=O) groups excluding carboxylic acids is 1. The Morgan fingerprint density at radius 2 is 1.96 bits per heavy atom. The standard InChI is InChI=1S/C21H27N3O2S/c25-20(13-19-3-12-27-15-19)24-8-4-21(5-9-24)16-23(10-11-26-17-21)14-18-1-6-22-7-2-18/h1-3,6-7,12,15H,4-5,8-11,13-14,16-17H2. The van der Waals surface area contributed by atoms with Crippen LogP contribution in [0.3, 0.4) is 0 Å². The van der Waals surface area contributed by atoms with Crippen LogP contribution >= 0.6 is 11.3 Å². The van der Waals surface area contributed by atoms with Gasteiger partial charge in [-0.15, -0.1) is 0 Å². The molecule has 0 atom stereocenters. The first-order valence-electron chi connectivity index (χ1n) is 9.70. The van der Waals surface area contributed by atoms with Crippen molar-refractivity contribution in [3.63, 3.8) is 0 Å². The van der Waals surface area contributed by atoms with Gasteiger partial charge in [0.25, 0.3) is 0 Å². The molecule has 6 heteroatoms. The number of thiophene rings is 1. The van der Waals surface area contributed by atoms with Crippen molar-refractivity contribution in [1.29, 1.82) is 0 Å². The number of pyridine rings is 1. The van der Waals surface area contributed by atoms with E-state index < -0.39 is 0 Å². The van der Waals surface area contributed by atoms with Crippen LogP contribution in [0.2, 0.25) is 0 Å². The third kappa shape index (κ3) is 4.75. The van der Waals surface area contributed by atoms with E-state index >= 15 is 0 Å². The smallest absolute Gasteiger partial charge is 0.227 e. The summed E-state index contributed by atoms with van der Waals surface area (Å²) < 4.78 is 5.98. The molecule has 2 aliphatic heterocycles. The number of carbonyl (C=O) groups is 1. The molecule has 2 aliphatic rings. The van der Waals surface area contributed by atoms with Crippen LogP contribution < -0.4 is 0 Å². The molecule has 4 rings (SSSR count). The van der Waals surface area contributed by atoms with E-state index in [1.165, 1.54) is 5.56 Å². The van der Waals surface area contributed by atoms with Gasteiger partial charge in [0.05, 0.1) is 19.6 Å². The van der Waals surface area contributed by atoms with Gasteiger partial charge in [-0.05, 0) is 52.9 Å². The first-order chi connectivity index (χ1) is 13.2. The minimum atomic E-state index is 0.169. The van der Waals surface area contributed by atoms with Gasteiger partial charge in [0, 0.05) is 50.5 Å². The van der Waals surface area contributed by atoms with Crippen LogP contribution in [0.1, 0.15) is 24.0 Å². The largest absolute Gasteiger partial charge is 0.379 e. The zero-order chi connectivity index (χ0) is 18.5. The Kier molecular flexibility index (Phi) is 5.86. The summed E-state index contributed by atoms with van der Waals surface area (Å²) in [5.41, 5.74) is 2.60. The Balaban J connectivity index is 1.35. The van der Waals surface area contributed by atoms with Crippen LogP contribution in [-0.2, 0) is 22.5 Å². The molecule has 5 nitrogen and oxygen atoms in total. The van der Waals surface area contributed by atoms with Gasteiger partial charge in [-0.1, -0.05) is 0 Å². The molecule has 144 valence electrons. The molecule has 0 radical (unpaired) electrons. The topological polar surface area (TPSA) is 45.7 Å². The molecule has 1 amide bonds. The number of piperidine rings is 1. The summed E-state index contributed by atoms with van der Waals surface area (Å²) >= 11 is 1.65. The number of amides is 1. The van der Waals surface area contributed by atoms with Crippen LogP contribution in [0.5, 0.6) is 0 Å². The monoisotopic (exact) mass is 385 g/mol. The highest BCUT2D eigenvalue weighted by atomic mass is 32.1. The maximum absolute atomic E-state index is 12.6. The first-order valence-corrected chi connectivity index (χ1v) is 10.6. The molecule has 2 saturated heterocycles. The molecule has 2 aromatic heterocycles. The number of hydrogen-bond acceptors (Lipinski definition) is 5. The van der Waals surface area contributed by atoms with Crippen LogP contribution in [-0.4, -0.2) is 60.1 Å². The Morgan fingerprint density at radius 3 is 2.70 bits per heavy atom. The minimum absolute atomic E-state index is 0.169. The maximum atomic E-state index is 12.6. The van der Waals surface area contributed by atoms with E-state index in [1.807, 2.05) is 28.7 Å². The summed E-state index contributed by atoms with van der Waals surface area (Å²) in [4.78, 5) is 21.3. The van der Waals surface area contributed by atoms with Gasteiger partial charge < -0.3 is 9.64 Å². The third-order valence-corrected chi connectivity index (χ3v) is 6.52. The van der Waals surface area contributed by atoms with E-state index in [0.717, 1.165) is 64.3 Å². The Labute approximate surface area is 165 Å². The van der Waals surface area contributed by atoms with Crippen molar-refractivity contribution in [3.8, 4) is 0 Å². The fraction of sp³-hybridized carbons (Fsp3) is 0.524. The Morgan fingerprint density at radius 1 is 1.15 bits per heavy atom. The molecule has 4 heterocycles. The third-order valence-electron chi connectivity index (χ3n) is 5.79. The summed E-state index contributed by atoms with van der Waals surface area (Å²) in [6, 6.07) is 6.22. The second-order valence-electron chi connectivity index (χ2n) is 7.81. The van der Waals surface area contributed by atoms with Crippen LogP contribution in [0.15, 0.2) is 41.4 Å². The molecular weight excluding hydrogens is 358 g/mol. The lowest BCUT2D eigenvalue weighted by Crippen LogP contribution is -2.49. The lowest BCUT2D eigenvalue weighted by Gasteiger charge is -2.42. The summed E-state index contributed by atoms with van der Waals surface area (Å²) in [5.74, 6) is 0.256. The number of likely N-dealkylation sites (tertiary alicyclic amines) is 1. The SMILES string of the molecule is O=C(Cc1ccsc1)N1CCC2(CC1)COCCN(Cc1ccncc1)C2. The summed E-state index contributed by atoms with van der Waals surface area (Å²) in [6.07, 6.45) is 6.29. The minimum Gasteiger partial charge on any atom is -0.379 e. The van der Waals surface area contributed by atoms with Gasteiger partial charge in [-0.25, -0.2) is 0 Å². The average Bonchev–Trinajstić information content (AvgIpc) is 3.12. The highest BCUT2D eigenvalue weighted by molar-refractivity contribution is 7.08. The van der Waals surface area contributed by atoms with Crippen molar-refractivity contribution in [2.24, 2.45) is 5.41 Å². The van der Waals surface area contributed by atoms with Gasteiger partial charge in [0.15, 0.2) is 0 Å². The molecule has 0 aromatic carbocycles. The number of aromatic nitrogens is 1. The molecule has 0 bridgehead atoms. The highest BCUT2D eigenvalue weighted by Gasteiger charge is 2.38. The van der Waals surface area contributed by atoms with Crippen molar-refractivity contribution in [2.75, 3.05) is 39.4 Å². The average molecular weight is 386 g/mol. The quantitative estimate of drug-likeness (QED) is 0.812. The molecule has 2 aromatic rings. The highest BCUT2D eigenvalue weighted by Crippen LogP contribution is 2.35. The normalized spacial score (nSPS) is 20.5. The van der Waals surface area contributed by atoms with Gasteiger partial charge >= 0.3 is 0 Å². The van der Waals surface area contributed by atoms with Crippen LogP contribution in [0.25, 0.3) is 0 Å². The van der Waals surface area contributed by atoms with Crippen molar-refractivity contribution in [3.05, 3.63) is 52.5 Å². The van der Waals surface area contributed by atoms with Crippen molar-refractivity contribution in [2.45, 2.75) is 25.8 Å². The van der Waals surface area contributed by atoms with Crippen LogP contribution in [0.4, 0.5) is 0 Å². The first kappa shape index (κ1) is 18.6. The lowest BCUT2D eigenvalue weighted by molar-refractivity contribution is -0.133. The number of ether oxygens (including phenoxy) is 1. The molecule has 0 N–H and O–H groups in total. The number of nitrogens with zero attached hydrogens (tertiary/aromatic N) is 3. The molecule has 27 heavy (non-hydrogen) atoms. The predicted octanol–water partition coefficient (Wildman–Crippen LogP) is 2.83. The fourth-order valence-electron chi connectivity index (χ4n) is 4.18. The van der Waals surface area contributed by atoms with Crippen molar-refractivity contribution >= 4 is 17.2 Å². The molecule has 0 aliphatic carbocycles. The zero-order valence-corrected chi connectivity index (χ0v) is 16.5. The van der Waals surface area contributed by atoms with Crippen LogP contribution in [0, 0.1) is 5.41 Å². The second kappa shape index (κ2) is 8.50. The van der Waals surface area contributed by atoms with E-state index in [-0.39, 0.29) is 11.3 Å². The molecule has 1 spiro atoms. The number of hydrogen-bond donors (Lipinski definition) is 0. The van der Waals surface area contributed by atoms with E-state index in [1.54, 1.807) is 11.3 Å². The van der Waals surface area contributed by atoms with E-state index in [9.17, 15) is 4.79 Å². The molecule has 0 saturated carbocycles. The van der Waals surface area contributed by atoms with Gasteiger partial charge in [0.2, 0.25) is 5.91 Å². The predicted molar refractivity (Wildman–Crippen MR) is 107 cm³/mol. The maximum Gasteiger partial charge on any atom is 0.227 e. The Hall–Kier alpha value is -1.76. The lowest BCUT2D eigenvalue weighted by atomic mass is 9.78. The van der Waals surface area contributed by atoms with Crippen molar-refractivity contribution < 1.29 is 9.53 Å². The van der Waals surface area contributed by atoms with E-state index in [2.05, 4.69) is 27.4 Å². The fourth-order valence-corrected chi connectivity index (χ4v) is 4.84. The summed E-state index contributed by atoms with van der Waals surface area (Å²) in [5, 5.41) is 4.10. The van der Waals surface area contributed by atoms with E-state index in [0.29, 0.717) is 6.42 Å². The van der Waals surface area contributed by atoms with E-state index in [4.69, 9.17) is 4.74 Å². The zero-order valence-electron chi connectivity index (χ0n) is 15.7. The molecular formula is C21H27N3O2S. The summed E-state index contributed by atoms with van der Waals surface area (Å²) in [6.45, 7) is 6.23. The summed E-state index contributed by atoms with van der Waals surface area (Å²) in [7, 11) is 0. The second-order valence-corrected chi connectivity index (χ2v) is 8.59. The Bertz CT molecular complexity index is 727. The van der Waals surface area contributed by atoms with Gasteiger partial charge in [-0.3, -0.25) is 14.7 Å². The van der Waals surface area contributed by atoms with Gasteiger partial charge in [-0.2, -0.15) is 11.3 Å². The molecule has 0 unspecified atom stereocenters. The molecule has 2 fully saturated rings.